The largest absolute Gasteiger partial charge is 0.352 e. The third kappa shape index (κ3) is 3.13. The zero-order chi connectivity index (χ0) is 16.4. The average molecular weight is 305 g/mol. The highest BCUT2D eigenvalue weighted by atomic mass is 16.2. The summed E-state index contributed by atoms with van der Waals surface area (Å²) in [5.74, 6) is -0.0761. The standard InChI is InChI=1S/C15H23N5O2/c1-9-11(3)20(15(22)17-9)7-6-14(21)16-8-13-10(2)18-19(5)12(13)4/h6-8H2,1-5H3,(H,16,21)(H,17,22). The average Bonchev–Trinajstić information content (AvgIpc) is 2.83. The van der Waals surface area contributed by atoms with Gasteiger partial charge in [-0.15, -0.1) is 0 Å². The predicted octanol–water partition coefficient (Wildman–Crippen LogP) is 0.850. The highest BCUT2D eigenvalue weighted by Crippen LogP contribution is 2.11. The van der Waals surface area contributed by atoms with Crippen LogP contribution in [0.15, 0.2) is 4.79 Å². The van der Waals surface area contributed by atoms with Crippen molar-refractivity contribution in [1.29, 1.82) is 0 Å². The van der Waals surface area contributed by atoms with Crippen LogP contribution >= 0.6 is 0 Å². The number of nitrogens with one attached hydrogen (secondary N) is 2. The summed E-state index contributed by atoms with van der Waals surface area (Å²) < 4.78 is 3.40. The number of aromatic nitrogens is 4. The van der Waals surface area contributed by atoms with Gasteiger partial charge < -0.3 is 10.3 Å². The summed E-state index contributed by atoms with van der Waals surface area (Å²) in [5.41, 5.74) is 4.56. The first-order valence-corrected chi connectivity index (χ1v) is 7.33. The molecular formula is C15H23N5O2. The molecule has 2 aromatic heterocycles. The van der Waals surface area contributed by atoms with E-state index in [2.05, 4.69) is 15.4 Å². The van der Waals surface area contributed by atoms with E-state index in [1.165, 1.54) is 0 Å². The number of nitrogens with zero attached hydrogens (tertiary/aromatic N) is 3. The number of carbonyl (C=O) groups is 1. The highest BCUT2D eigenvalue weighted by Gasteiger charge is 2.12. The number of carbonyl (C=O) groups excluding carboxylic acids is 1. The first kappa shape index (κ1) is 16.1. The summed E-state index contributed by atoms with van der Waals surface area (Å²) in [6.45, 7) is 8.47. The maximum atomic E-state index is 12.0. The summed E-state index contributed by atoms with van der Waals surface area (Å²) in [6.07, 6.45) is 0.274. The number of hydrogen-bond donors (Lipinski definition) is 2. The van der Waals surface area contributed by atoms with Crippen LogP contribution in [0.1, 0.15) is 34.8 Å². The van der Waals surface area contributed by atoms with Gasteiger partial charge in [0, 0.05) is 49.2 Å². The Bertz CT molecular complexity index is 751. The molecule has 120 valence electrons. The molecular weight excluding hydrogens is 282 g/mol. The summed E-state index contributed by atoms with van der Waals surface area (Å²) in [7, 11) is 1.89. The topological polar surface area (TPSA) is 84.7 Å². The maximum absolute atomic E-state index is 12.0. The molecule has 0 unspecified atom stereocenters. The number of H-pyrrole nitrogens is 1. The fourth-order valence-electron chi connectivity index (χ4n) is 2.50. The molecule has 22 heavy (non-hydrogen) atoms. The zero-order valence-electron chi connectivity index (χ0n) is 13.8. The van der Waals surface area contributed by atoms with Gasteiger partial charge in [0.25, 0.3) is 0 Å². The summed E-state index contributed by atoms with van der Waals surface area (Å²) in [5, 5.41) is 7.22. The molecule has 0 radical (unpaired) electrons. The SMILES string of the molecule is Cc1nn(C)c(C)c1CNC(=O)CCn1c(C)c(C)[nH]c1=O. The minimum absolute atomic E-state index is 0.0761. The molecule has 1 amide bonds. The highest BCUT2D eigenvalue weighted by molar-refractivity contribution is 5.75. The van der Waals surface area contributed by atoms with E-state index in [1.54, 1.807) is 4.57 Å². The third-order valence-corrected chi connectivity index (χ3v) is 4.17. The Balaban J connectivity index is 1.92. The lowest BCUT2D eigenvalue weighted by Gasteiger charge is -2.07. The van der Waals surface area contributed by atoms with Crippen LogP contribution in [0.4, 0.5) is 0 Å². The van der Waals surface area contributed by atoms with Crippen LogP contribution in [-0.4, -0.2) is 25.2 Å². The summed E-state index contributed by atoms with van der Waals surface area (Å²) >= 11 is 0. The minimum Gasteiger partial charge on any atom is -0.352 e. The Morgan fingerprint density at radius 1 is 1.23 bits per heavy atom. The van der Waals surface area contributed by atoms with Crippen LogP contribution in [0.2, 0.25) is 0 Å². The van der Waals surface area contributed by atoms with Crippen molar-refractivity contribution in [3.63, 3.8) is 0 Å². The quantitative estimate of drug-likeness (QED) is 0.859. The van der Waals surface area contributed by atoms with Crippen molar-refractivity contribution in [2.24, 2.45) is 7.05 Å². The molecule has 0 aliphatic heterocycles. The lowest BCUT2D eigenvalue weighted by atomic mass is 10.2. The molecule has 0 fully saturated rings. The Kier molecular flexibility index (Phi) is 4.54. The Morgan fingerprint density at radius 2 is 1.91 bits per heavy atom. The van der Waals surface area contributed by atoms with Gasteiger partial charge in [-0.3, -0.25) is 14.0 Å². The van der Waals surface area contributed by atoms with Crippen LogP contribution < -0.4 is 11.0 Å². The van der Waals surface area contributed by atoms with Crippen molar-refractivity contribution in [3.05, 3.63) is 38.8 Å². The van der Waals surface area contributed by atoms with Gasteiger partial charge in [0.1, 0.15) is 0 Å². The van der Waals surface area contributed by atoms with Gasteiger partial charge in [-0.2, -0.15) is 5.10 Å². The van der Waals surface area contributed by atoms with E-state index in [0.29, 0.717) is 13.1 Å². The Labute approximate surface area is 129 Å². The summed E-state index contributed by atoms with van der Waals surface area (Å²) in [4.78, 5) is 26.4. The molecule has 0 aliphatic rings. The fourth-order valence-corrected chi connectivity index (χ4v) is 2.50. The molecule has 0 saturated heterocycles. The van der Waals surface area contributed by atoms with E-state index in [9.17, 15) is 9.59 Å². The molecule has 0 spiro atoms. The van der Waals surface area contributed by atoms with E-state index in [0.717, 1.165) is 28.3 Å². The Hall–Kier alpha value is -2.31. The lowest BCUT2D eigenvalue weighted by Crippen LogP contribution is -2.27. The first-order chi connectivity index (χ1) is 10.3. The smallest absolute Gasteiger partial charge is 0.325 e. The second-order valence-corrected chi connectivity index (χ2v) is 5.59. The van der Waals surface area contributed by atoms with E-state index in [4.69, 9.17) is 0 Å². The first-order valence-electron chi connectivity index (χ1n) is 7.33. The minimum atomic E-state index is -0.165. The molecule has 0 aromatic carbocycles. The number of imidazole rings is 1. The van der Waals surface area contributed by atoms with Gasteiger partial charge in [0.05, 0.1) is 5.69 Å². The number of aryl methyl sites for hydroxylation is 3. The van der Waals surface area contributed by atoms with Gasteiger partial charge in [-0.25, -0.2) is 4.79 Å². The second kappa shape index (κ2) is 6.21. The fraction of sp³-hybridized carbons (Fsp3) is 0.533. The third-order valence-electron chi connectivity index (χ3n) is 4.17. The van der Waals surface area contributed by atoms with Crippen molar-refractivity contribution < 1.29 is 4.79 Å². The normalized spacial score (nSPS) is 11.0. The Morgan fingerprint density at radius 3 is 2.41 bits per heavy atom. The van der Waals surface area contributed by atoms with Crippen molar-refractivity contribution >= 4 is 5.91 Å². The molecule has 2 heterocycles. The van der Waals surface area contributed by atoms with Gasteiger partial charge in [0.15, 0.2) is 0 Å². The van der Waals surface area contributed by atoms with Crippen molar-refractivity contribution in [2.45, 2.75) is 47.2 Å². The van der Waals surface area contributed by atoms with Crippen LogP contribution in [0.5, 0.6) is 0 Å². The molecule has 0 atom stereocenters. The van der Waals surface area contributed by atoms with Gasteiger partial charge in [-0.1, -0.05) is 0 Å². The van der Waals surface area contributed by atoms with Crippen molar-refractivity contribution in [2.75, 3.05) is 0 Å². The van der Waals surface area contributed by atoms with E-state index in [-0.39, 0.29) is 18.0 Å². The van der Waals surface area contributed by atoms with Crippen LogP contribution in [0.3, 0.4) is 0 Å². The van der Waals surface area contributed by atoms with E-state index >= 15 is 0 Å². The molecule has 2 rings (SSSR count). The zero-order valence-corrected chi connectivity index (χ0v) is 13.8. The molecule has 7 heteroatoms. The van der Waals surface area contributed by atoms with Gasteiger partial charge in [0.2, 0.25) is 5.91 Å². The second-order valence-electron chi connectivity index (χ2n) is 5.59. The summed E-state index contributed by atoms with van der Waals surface area (Å²) in [6, 6.07) is 0. The molecule has 2 N–H and O–H groups in total. The van der Waals surface area contributed by atoms with Gasteiger partial charge >= 0.3 is 5.69 Å². The molecule has 0 bridgehead atoms. The molecule has 0 aliphatic carbocycles. The number of rotatable bonds is 5. The number of aromatic amines is 1. The molecule has 0 saturated carbocycles. The predicted molar refractivity (Wildman–Crippen MR) is 83.7 cm³/mol. The van der Waals surface area contributed by atoms with E-state index < -0.39 is 0 Å². The van der Waals surface area contributed by atoms with E-state index in [1.807, 2.05) is 39.4 Å². The van der Waals surface area contributed by atoms with Crippen LogP contribution in [-0.2, 0) is 24.9 Å². The number of amides is 1. The van der Waals surface area contributed by atoms with Crippen molar-refractivity contribution in [3.8, 4) is 0 Å². The monoisotopic (exact) mass is 305 g/mol. The molecule has 2 aromatic rings. The van der Waals surface area contributed by atoms with Crippen LogP contribution in [0, 0.1) is 27.7 Å². The number of hydrogen-bond acceptors (Lipinski definition) is 3. The lowest BCUT2D eigenvalue weighted by molar-refractivity contribution is -0.121. The molecule has 7 nitrogen and oxygen atoms in total. The maximum Gasteiger partial charge on any atom is 0.325 e. The van der Waals surface area contributed by atoms with Crippen molar-refractivity contribution in [1.82, 2.24) is 24.6 Å². The van der Waals surface area contributed by atoms with Gasteiger partial charge in [-0.05, 0) is 27.7 Å². The van der Waals surface area contributed by atoms with Crippen LogP contribution in [0.25, 0.3) is 0 Å².